The van der Waals surface area contributed by atoms with Gasteiger partial charge in [-0.2, -0.15) is 0 Å². The molecule has 2 aromatic carbocycles. The van der Waals surface area contributed by atoms with E-state index in [1.54, 1.807) is 6.20 Å². The second-order valence-electron chi connectivity index (χ2n) is 7.04. The van der Waals surface area contributed by atoms with Gasteiger partial charge in [0.2, 0.25) is 12.7 Å². The molecule has 7 heteroatoms. The van der Waals surface area contributed by atoms with E-state index in [9.17, 15) is 4.79 Å². The highest BCUT2D eigenvalue weighted by Crippen LogP contribution is 2.32. The summed E-state index contributed by atoms with van der Waals surface area (Å²) >= 11 is 1.44. The Kier molecular flexibility index (Phi) is 5.49. The Bertz CT molecular complexity index is 1050. The number of hydrogen-bond donors (Lipinski definition) is 1. The lowest BCUT2D eigenvalue weighted by Gasteiger charge is -2.15. The SMILES string of the molecule is Cc1ccc(-n2ccnc2S[C@@H](C)C(=O)NCc2ccc3c(c2)OCO3)c(C)c1. The smallest absolute Gasteiger partial charge is 0.233 e. The van der Waals surface area contributed by atoms with Crippen LogP contribution in [-0.2, 0) is 11.3 Å². The summed E-state index contributed by atoms with van der Waals surface area (Å²) in [5.41, 5.74) is 4.43. The molecule has 0 bridgehead atoms. The summed E-state index contributed by atoms with van der Waals surface area (Å²) in [5, 5.41) is 3.50. The zero-order valence-electron chi connectivity index (χ0n) is 16.6. The van der Waals surface area contributed by atoms with Gasteiger partial charge in [0.05, 0.1) is 10.9 Å². The number of aryl methyl sites for hydroxylation is 2. The lowest BCUT2D eigenvalue weighted by Crippen LogP contribution is -2.30. The Labute approximate surface area is 174 Å². The number of rotatable bonds is 6. The first-order valence-electron chi connectivity index (χ1n) is 9.45. The molecule has 1 N–H and O–H groups in total. The van der Waals surface area contributed by atoms with Crippen LogP contribution in [0.2, 0.25) is 0 Å². The fraction of sp³-hybridized carbons (Fsp3) is 0.273. The molecule has 3 aromatic rings. The maximum absolute atomic E-state index is 12.6. The van der Waals surface area contributed by atoms with Crippen molar-refractivity contribution in [2.24, 2.45) is 0 Å². The molecule has 0 spiro atoms. The highest BCUT2D eigenvalue weighted by molar-refractivity contribution is 8.00. The van der Waals surface area contributed by atoms with E-state index >= 15 is 0 Å². The summed E-state index contributed by atoms with van der Waals surface area (Å²) in [7, 11) is 0. The van der Waals surface area contributed by atoms with Gasteiger partial charge >= 0.3 is 0 Å². The van der Waals surface area contributed by atoms with E-state index in [1.165, 1.54) is 22.9 Å². The quantitative estimate of drug-likeness (QED) is 0.623. The maximum Gasteiger partial charge on any atom is 0.233 e. The average molecular weight is 410 g/mol. The number of aromatic nitrogens is 2. The third kappa shape index (κ3) is 4.24. The number of fused-ring (bicyclic) bond motifs is 1. The summed E-state index contributed by atoms with van der Waals surface area (Å²) in [6.45, 7) is 6.73. The van der Waals surface area contributed by atoms with E-state index in [-0.39, 0.29) is 18.0 Å². The molecule has 1 aromatic heterocycles. The Balaban J connectivity index is 1.40. The van der Waals surface area contributed by atoms with Crippen LogP contribution in [-0.4, -0.2) is 27.5 Å². The molecule has 0 saturated carbocycles. The standard InChI is InChI=1S/C22H23N3O3S/c1-14-4-6-18(15(2)10-14)25-9-8-23-22(25)29-16(3)21(26)24-12-17-5-7-19-20(11-17)28-13-27-19/h4-11,16H,12-13H2,1-3H3,(H,24,26)/t16-/m0/s1. The summed E-state index contributed by atoms with van der Waals surface area (Å²) in [6, 6.07) is 12.0. The summed E-state index contributed by atoms with van der Waals surface area (Å²) in [4.78, 5) is 17.1. The van der Waals surface area contributed by atoms with Crippen LogP contribution < -0.4 is 14.8 Å². The third-order valence-corrected chi connectivity index (χ3v) is 5.85. The van der Waals surface area contributed by atoms with Crippen molar-refractivity contribution in [3.63, 3.8) is 0 Å². The van der Waals surface area contributed by atoms with E-state index in [4.69, 9.17) is 9.47 Å². The lowest BCUT2D eigenvalue weighted by atomic mass is 10.1. The molecule has 6 nitrogen and oxygen atoms in total. The van der Waals surface area contributed by atoms with Gasteiger partial charge in [0, 0.05) is 18.9 Å². The molecule has 2 heterocycles. The molecular weight excluding hydrogens is 386 g/mol. The van der Waals surface area contributed by atoms with Gasteiger partial charge in [-0.15, -0.1) is 0 Å². The van der Waals surface area contributed by atoms with E-state index in [1.807, 2.05) is 35.9 Å². The molecule has 0 unspecified atom stereocenters. The van der Waals surface area contributed by atoms with Gasteiger partial charge < -0.3 is 14.8 Å². The number of nitrogens with one attached hydrogen (secondary N) is 1. The first kappa shape index (κ1) is 19.4. The highest BCUT2D eigenvalue weighted by atomic mass is 32.2. The average Bonchev–Trinajstić information content (AvgIpc) is 3.35. The minimum absolute atomic E-state index is 0.0390. The summed E-state index contributed by atoms with van der Waals surface area (Å²) < 4.78 is 12.7. The second-order valence-corrected chi connectivity index (χ2v) is 8.34. The monoisotopic (exact) mass is 409 g/mol. The molecule has 150 valence electrons. The number of thioether (sulfide) groups is 1. The van der Waals surface area contributed by atoms with Crippen molar-refractivity contribution in [1.82, 2.24) is 14.9 Å². The topological polar surface area (TPSA) is 65.4 Å². The van der Waals surface area contributed by atoms with Gasteiger partial charge in [0.15, 0.2) is 16.7 Å². The zero-order chi connectivity index (χ0) is 20.4. The van der Waals surface area contributed by atoms with Crippen molar-refractivity contribution in [1.29, 1.82) is 0 Å². The van der Waals surface area contributed by atoms with Crippen LogP contribution in [0.3, 0.4) is 0 Å². The second kappa shape index (κ2) is 8.21. The first-order valence-corrected chi connectivity index (χ1v) is 10.3. The number of ether oxygens (including phenoxy) is 2. The predicted octanol–water partition coefficient (Wildman–Crippen LogP) is 4.01. The number of amides is 1. The number of carbonyl (C=O) groups is 1. The van der Waals surface area contributed by atoms with Gasteiger partial charge in [0.25, 0.3) is 0 Å². The zero-order valence-corrected chi connectivity index (χ0v) is 17.5. The maximum atomic E-state index is 12.6. The van der Waals surface area contributed by atoms with Gasteiger partial charge in [0.1, 0.15) is 0 Å². The fourth-order valence-electron chi connectivity index (χ4n) is 3.23. The van der Waals surface area contributed by atoms with E-state index < -0.39 is 0 Å². The number of nitrogens with zero attached hydrogens (tertiary/aromatic N) is 2. The molecule has 4 rings (SSSR count). The molecular formula is C22H23N3O3S. The van der Waals surface area contributed by atoms with Crippen molar-refractivity contribution in [3.05, 3.63) is 65.5 Å². The van der Waals surface area contributed by atoms with Crippen molar-refractivity contribution in [3.8, 4) is 17.2 Å². The van der Waals surface area contributed by atoms with Crippen molar-refractivity contribution >= 4 is 17.7 Å². The van der Waals surface area contributed by atoms with Crippen molar-refractivity contribution < 1.29 is 14.3 Å². The molecule has 0 radical (unpaired) electrons. The molecule has 0 fully saturated rings. The minimum atomic E-state index is -0.282. The number of imidazole rings is 1. The van der Waals surface area contributed by atoms with E-state index in [0.717, 1.165) is 27.9 Å². The van der Waals surface area contributed by atoms with Crippen LogP contribution in [0.1, 0.15) is 23.6 Å². The Morgan fingerprint density at radius 2 is 2.03 bits per heavy atom. The summed E-state index contributed by atoms with van der Waals surface area (Å²) in [6.07, 6.45) is 3.69. The molecule has 29 heavy (non-hydrogen) atoms. The largest absolute Gasteiger partial charge is 0.454 e. The van der Waals surface area contributed by atoms with Crippen LogP contribution in [0, 0.1) is 13.8 Å². The van der Waals surface area contributed by atoms with Crippen LogP contribution in [0.4, 0.5) is 0 Å². The molecule has 0 saturated heterocycles. The van der Waals surface area contributed by atoms with Crippen molar-refractivity contribution in [2.75, 3.05) is 6.79 Å². The fourth-order valence-corrected chi connectivity index (χ4v) is 4.13. The Hall–Kier alpha value is -2.93. The van der Waals surface area contributed by atoms with Crippen molar-refractivity contribution in [2.45, 2.75) is 37.7 Å². The molecule has 1 aliphatic rings. The third-order valence-electron chi connectivity index (χ3n) is 4.77. The molecule has 1 atom stereocenters. The van der Waals surface area contributed by atoms with Gasteiger partial charge in [-0.3, -0.25) is 9.36 Å². The highest BCUT2D eigenvalue weighted by Gasteiger charge is 2.19. The number of benzene rings is 2. The van der Waals surface area contributed by atoms with Crippen LogP contribution in [0.15, 0.2) is 53.9 Å². The van der Waals surface area contributed by atoms with E-state index in [2.05, 4.69) is 42.3 Å². The van der Waals surface area contributed by atoms with Crippen LogP contribution >= 0.6 is 11.8 Å². The lowest BCUT2D eigenvalue weighted by molar-refractivity contribution is -0.120. The predicted molar refractivity (Wildman–Crippen MR) is 113 cm³/mol. The van der Waals surface area contributed by atoms with E-state index in [0.29, 0.717) is 6.54 Å². The molecule has 1 aliphatic heterocycles. The Morgan fingerprint density at radius 1 is 1.21 bits per heavy atom. The van der Waals surface area contributed by atoms with Crippen LogP contribution in [0.25, 0.3) is 5.69 Å². The van der Waals surface area contributed by atoms with Gasteiger partial charge in [-0.05, 0) is 50.1 Å². The van der Waals surface area contributed by atoms with Gasteiger partial charge in [-0.25, -0.2) is 4.98 Å². The van der Waals surface area contributed by atoms with Gasteiger partial charge in [-0.1, -0.05) is 35.5 Å². The minimum Gasteiger partial charge on any atom is -0.454 e. The van der Waals surface area contributed by atoms with Crippen LogP contribution in [0.5, 0.6) is 11.5 Å². The molecule has 0 aliphatic carbocycles. The molecule has 1 amide bonds. The normalized spacial score (nSPS) is 13.3. The number of hydrogen-bond acceptors (Lipinski definition) is 5. The summed E-state index contributed by atoms with van der Waals surface area (Å²) in [5.74, 6) is 1.42. The first-order chi connectivity index (χ1) is 14.0. The number of carbonyl (C=O) groups excluding carboxylic acids is 1. The Morgan fingerprint density at radius 3 is 2.86 bits per heavy atom.